The van der Waals surface area contributed by atoms with Crippen LogP contribution in [0.3, 0.4) is 0 Å². The van der Waals surface area contributed by atoms with Gasteiger partial charge in [0, 0.05) is 10.2 Å². The monoisotopic (exact) mass is 604 g/mol. The molecular weight excluding hydrogens is 579 g/mol. The number of nitrogens with one attached hydrogen (secondary N) is 1. The zero-order chi connectivity index (χ0) is 24.8. The fourth-order valence-corrected chi connectivity index (χ4v) is 5.46. The third kappa shape index (κ3) is 5.90. The summed E-state index contributed by atoms with van der Waals surface area (Å²) in [6.45, 7) is 0.0761. The third-order valence-electron chi connectivity index (χ3n) is 5.65. The van der Waals surface area contributed by atoms with Crippen LogP contribution < -0.4 is 10.1 Å². The van der Waals surface area contributed by atoms with Crippen molar-refractivity contribution in [1.29, 1.82) is 0 Å². The molecule has 2 amide bonds. The van der Waals surface area contributed by atoms with Gasteiger partial charge in [0.1, 0.15) is 29.5 Å². The highest BCUT2D eigenvalue weighted by molar-refractivity contribution is 14.1. The molecule has 7 nitrogen and oxygen atoms in total. The number of fused-ring (bicyclic) bond motifs is 1. The van der Waals surface area contributed by atoms with Crippen LogP contribution in [-0.4, -0.2) is 51.4 Å². The number of ether oxygens (including phenoxy) is 2. The average Bonchev–Trinajstić information content (AvgIpc) is 2.89. The maximum Gasteiger partial charge on any atom is 0.355 e. The van der Waals surface area contributed by atoms with Crippen molar-refractivity contribution in [2.24, 2.45) is 0 Å². The van der Waals surface area contributed by atoms with E-state index in [0.717, 1.165) is 21.1 Å². The second-order valence-corrected chi connectivity index (χ2v) is 9.96. The molecule has 2 atom stereocenters. The number of carbonyl (C=O) groups is 3. The van der Waals surface area contributed by atoms with Crippen molar-refractivity contribution < 1.29 is 23.9 Å². The summed E-state index contributed by atoms with van der Waals surface area (Å²) in [5, 5.41) is 2.50. The molecule has 0 unspecified atom stereocenters. The smallest absolute Gasteiger partial charge is 0.355 e. The fourth-order valence-electron chi connectivity index (χ4n) is 3.89. The van der Waals surface area contributed by atoms with E-state index in [4.69, 9.17) is 9.47 Å². The van der Waals surface area contributed by atoms with E-state index >= 15 is 0 Å². The Hall–Kier alpha value is -2.79. The average molecular weight is 604 g/mol. The van der Waals surface area contributed by atoms with Gasteiger partial charge >= 0.3 is 5.97 Å². The van der Waals surface area contributed by atoms with Crippen LogP contribution in [0.2, 0.25) is 0 Å². The summed E-state index contributed by atoms with van der Waals surface area (Å²) < 4.78 is 11.5. The van der Waals surface area contributed by atoms with Gasteiger partial charge in [0.05, 0.1) is 13.5 Å². The minimum atomic E-state index is -0.671. The molecule has 0 radical (unpaired) electrons. The van der Waals surface area contributed by atoms with Crippen LogP contribution in [0.25, 0.3) is 0 Å². The highest BCUT2D eigenvalue weighted by Gasteiger charge is 2.54. The molecule has 1 N–H and O–H groups in total. The first-order valence-corrected chi connectivity index (χ1v) is 13.6. The summed E-state index contributed by atoms with van der Waals surface area (Å²) in [7, 11) is 1.59. The number of hydrogen-bond acceptors (Lipinski definition) is 6. The van der Waals surface area contributed by atoms with Gasteiger partial charge in [-0.05, 0) is 28.8 Å². The normalized spacial score (nSPS) is 19.3. The number of hydrogen-bond donors (Lipinski definition) is 1. The van der Waals surface area contributed by atoms with E-state index in [1.54, 1.807) is 19.2 Å². The van der Waals surface area contributed by atoms with E-state index < -0.39 is 12.0 Å². The number of methoxy groups -OCH3 is 1. The second-order valence-electron chi connectivity index (χ2n) is 7.97. The lowest BCUT2D eigenvalue weighted by Gasteiger charge is -2.49. The Morgan fingerprint density at radius 3 is 2.57 bits per heavy atom. The lowest BCUT2D eigenvalue weighted by Crippen LogP contribution is -2.70. The van der Waals surface area contributed by atoms with Gasteiger partial charge in [-0.15, -0.1) is 11.8 Å². The zero-order valence-corrected chi connectivity index (χ0v) is 22.1. The van der Waals surface area contributed by atoms with Crippen molar-refractivity contribution >= 4 is 52.1 Å². The van der Waals surface area contributed by atoms with Gasteiger partial charge in [-0.25, -0.2) is 4.79 Å². The number of halogens is 1. The van der Waals surface area contributed by atoms with Crippen molar-refractivity contribution in [1.82, 2.24) is 10.2 Å². The number of thioether (sulfide) groups is 1. The Balaban J connectivity index is 1.46. The third-order valence-corrected chi connectivity index (χ3v) is 7.46. The van der Waals surface area contributed by atoms with E-state index in [0.29, 0.717) is 11.5 Å². The molecule has 2 aromatic rings. The first-order chi connectivity index (χ1) is 17.0. The maximum atomic E-state index is 13.1. The van der Waals surface area contributed by atoms with Gasteiger partial charge in [0.15, 0.2) is 0 Å². The molecule has 0 spiro atoms. The van der Waals surface area contributed by atoms with E-state index in [9.17, 15) is 14.4 Å². The van der Waals surface area contributed by atoms with Crippen LogP contribution in [0.15, 0.2) is 78.0 Å². The second kappa shape index (κ2) is 11.8. The van der Waals surface area contributed by atoms with E-state index in [1.165, 1.54) is 16.7 Å². The number of β-lactam (4-membered cyclic amide) rings is 1. The molecule has 2 aromatic carbocycles. The number of allylic oxidation sites excluding steroid dienone is 2. The summed E-state index contributed by atoms with van der Waals surface area (Å²) in [6, 6.07) is 15.9. The van der Waals surface area contributed by atoms with Gasteiger partial charge in [0.25, 0.3) is 5.91 Å². The van der Waals surface area contributed by atoms with Gasteiger partial charge in [0.2, 0.25) is 5.91 Å². The van der Waals surface area contributed by atoms with Crippen molar-refractivity contribution in [3.63, 3.8) is 0 Å². The number of alkyl halides is 1. The fraction of sp³-hybridized carbons (Fsp3) is 0.269. The molecular formula is C26H25IN2O5S. The van der Waals surface area contributed by atoms with Gasteiger partial charge in [-0.1, -0.05) is 77.2 Å². The summed E-state index contributed by atoms with van der Waals surface area (Å²) in [6.07, 6.45) is 4.00. The van der Waals surface area contributed by atoms with Crippen molar-refractivity contribution in [3.05, 3.63) is 89.1 Å². The van der Waals surface area contributed by atoms with E-state index in [1.807, 2.05) is 54.6 Å². The first-order valence-electron chi connectivity index (χ1n) is 11.1. The van der Waals surface area contributed by atoms with Crippen molar-refractivity contribution in [2.45, 2.75) is 24.4 Å². The summed E-state index contributed by atoms with van der Waals surface area (Å²) >= 11 is 3.75. The predicted octanol–water partition coefficient (Wildman–Crippen LogP) is 3.63. The van der Waals surface area contributed by atoms with Crippen molar-refractivity contribution in [2.75, 3.05) is 17.3 Å². The molecule has 0 bridgehead atoms. The van der Waals surface area contributed by atoms with Crippen LogP contribution in [-0.2, 0) is 32.1 Å². The van der Waals surface area contributed by atoms with E-state index in [-0.39, 0.29) is 35.9 Å². The quantitative estimate of drug-likeness (QED) is 0.204. The molecule has 35 heavy (non-hydrogen) atoms. The maximum absolute atomic E-state index is 13.1. The SMILES string of the molecule is COc1ccc(COC(=O)C2=C(C=CCI)CS[C@H]3[C@H](NC(=O)Cc4ccccc4)C(=O)N23)cc1. The highest BCUT2D eigenvalue weighted by atomic mass is 127. The molecule has 182 valence electrons. The molecule has 1 saturated heterocycles. The Bertz CT molecular complexity index is 1150. The minimum Gasteiger partial charge on any atom is -0.497 e. The zero-order valence-electron chi connectivity index (χ0n) is 19.1. The molecule has 2 aliphatic heterocycles. The van der Waals surface area contributed by atoms with Crippen LogP contribution >= 0.6 is 34.4 Å². The van der Waals surface area contributed by atoms with Gasteiger partial charge in [-0.2, -0.15) is 0 Å². The van der Waals surface area contributed by atoms with Crippen LogP contribution in [0.5, 0.6) is 5.75 Å². The minimum absolute atomic E-state index is 0.0761. The largest absolute Gasteiger partial charge is 0.497 e. The van der Waals surface area contributed by atoms with Crippen LogP contribution in [0.4, 0.5) is 0 Å². The van der Waals surface area contributed by atoms with Gasteiger partial charge < -0.3 is 14.8 Å². The molecule has 0 saturated carbocycles. The molecule has 0 aliphatic carbocycles. The lowest BCUT2D eigenvalue weighted by molar-refractivity contribution is -0.153. The topological polar surface area (TPSA) is 84.9 Å². The number of rotatable bonds is 9. The molecule has 2 aliphatic rings. The van der Waals surface area contributed by atoms with E-state index in [2.05, 4.69) is 27.9 Å². The molecule has 0 aromatic heterocycles. The molecule has 2 heterocycles. The highest BCUT2D eigenvalue weighted by Crippen LogP contribution is 2.41. The summed E-state index contributed by atoms with van der Waals surface area (Å²) in [4.78, 5) is 40.2. The molecule has 4 rings (SSSR count). The summed E-state index contributed by atoms with van der Waals surface area (Å²) in [5.74, 6) is 0.173. The molecule has 1 fully saturated rings. The number of nitrogens with zero attached hydrogens (tertiary/aromatic N) is 1. The predicted molar refractivity (Wildman–Crippen MR) is 143 cm³/mol. The Labute approximate surface area is 222 Å². The Morgan fingerprint density at radius 1 is 1.14 bits per heavy atom. The van der Waals surface area contributed by atoms with Crippen molar-refractivity contribution in [3.8, 4) is 5.75 Å². The van der Waals surface area contributed by atoms with Crippen LogP contribution in [0, 0.1) is 0 Å². The Morgan fingerprint density at radius 2 is 1.89 bits per heavy atom. The first kappa shape index (κ1) is 25.3. The van der Waals surface area contributed by atoms with Crippen LogP contribution in [0.1, 0.15) is 11.1 Å². The number of esters is 1. The summed E-state index contributed by atoms with van der Waals surface area (Å²) in [5.41, 5.74) is 2.68. The number of benzene rings is 2. The Kier molecular flexibility index (Phi) is 8.50. The standard InChI is InChI=1S/C26H25IN2O5S/c1-33-20-11-9-18(10-12-20)15-34-26(32)23-19(8-5-13-27)16-35-25-22(24(31)29(23)25)28-21(30)14-17-6-3-2-4-7-17/h2-12,22,25H,13-16H2,1H3,(H,28,30)/t22-,25+/m1/s1. The number of amides is 2. The lowest BCUT2D eigenvalue weighted by atomic mass is 10.0. The number of carbonyl (C=O) groups excluding carboxylic acids is 3. The molecule has 9 heteroatoms. The van der Waals surface area contributed by atoms with Gasteiger partial charge in [-0.3, -0.25) is 14.5 Å².